The summed E-state index contributed by atoms with van der Waals surface area (Å²) in [4.78, 5) is 0. The minimum atomic E-state index is -1.88. The van der Waals surface area contributed by atoms with E-state index in [-0.39, 0.29) is 0 Å². The van der Waals surface area contributed by atoms with E-state index in [1.165, 1.54) is 25.7 Å². The molecule has 3 nitrogen and oxygen atoms in total. The van der Waals surface area contributed by atoms with Crippen LogP contribution >= 0.6 is 0 Å². The lowest BCUT2D eigenvalue weighted by molar-refractivity contribution is 0.185. The standard InChI is InChI=1S/C13H26O3Si/c1-4-14-17(3,15-5-2)9-8-11-6-7-12-13(10-11)16-12/h11-13H,4-10H2,1-3H3/t11?,12?,13-/m0/s1. The minimum absolute atomic E-state index is 0.598. The zero-order chi connectivity index (χ0) is 12.3. The Hall–Kier alpha value is 0.0969. The maximum absolute atomic E-state index is 5.88. The normalized spacial score (nSPS) is 32.3. The summed E-state index contributed by atoms with van der Waals surface area (Å²) in [6, 6.07) is 1.14. The molecule has 0 aromatic heterocycles. The van der Waals surface area contributed by atoms with Gasteiger partial charge in [0.15, 0.2) is 0 Å². The molecule has 0 radical (unpaired) electrons. The first-order valence-corrected chi connectivity index (χ1v) is 9.62. The number of rotatable bonds is 7. The lowest BCUT2D eigenvalue weighted by Crippen LogP contribution is -2.39. The van der Waals surface area contributed by atoms with Gasteiger partial charge in [-0.2, -0.15) is 0 Å². The van der Waals surface area contributed by atoms with E-state index in [0.717, 1.165) is 25.2 Å². The summed E-state index contributed by atoms with van der Waals surface area (Å²) in [5.74, 6) is 0.839. The Kier molecular flexibility index (Phi) is 4.63. The predicted octanol–water partition coefficient (Wildman–Crippen LogP) is 3.09. The van der Waals surface area contributed by atoms with Crippen LogP contribution in [0.4, 0.5) is 0 Å². The van der Waals surface area contributed by atoms with Crippen LogP contribution in [0.5, 0.6) is 0 Å². The van der Waals surface area contributed by atoms with Gasteiger partial charge in [-0.15, -0.1) is 0 Å². The van der Waals surface area contributed by atoms with E-state index in [4.69, 9.17) is 13.6 Å². The van der Waals surface area contributed by atoms with Crippen LogP contribution in [0.3, 0.4) is 0 Å². The summed E-state index contributed by atoms with van der Waals surface area (Å²) in [5, 5.41) is 0. The van der Waals surface area contributed by atoms with Gasteiger partial charge in [-0.05, 0) is 58.0 Å². The number of epoxide rings is 1. The molecule has 2 aliphatic rings. The maximum Gasteiger partial charge on any atom is 0.334 e. The van der Waals surface area contributed by atoms with Crippen molar-refractivity contribution in [1.82, 2.24) is 0 Å². The Balaban J connectivity index is 1.73. The second-order valence-electron chi connectivity index (χ2n) is 5.43. The van der Waals surface area contributed by atoms with Gasteiger partial charge in [0.2, 0.25) is 0 Å². The van der Waals surface area contributed by atoms with Crippen LogP contribution in [0.2, 0.25) is 12.6 Å². The lowest BCUT2D eigenvalue weighted by Gasteiger charge is -2.28. The van der Waals surface area contributed by atoms with E-state index in [2.05, 4.69) is 20.4 Å². The Bertz CT molecular complexity index is 241. The fourth-order valence-electron chi connectivity index (χ4n) is 3.01. The number of hydrogen-bond donors (Lipinski definition) is 0. The quantitative estimate of drug-likeness (QED) is 0.519. The SMILES string of the molecule is CCO[Si](C)(CCC1CCC2O[C@H]2C1)OCC. The fraction of sp³-hybridized carbons (Fsp3) is 1.00. The van der Waals surface area contributed by atoms with Gasteiger partial charge in [0, 0.05) is 13.2 Å². The smallest absolute Gasteiger partial charge is 0.334 e. The van der Waals surface area contributed by atoms with Crippen LogP contribution in [0, 0.1) is 5.92 Å². The maximum atomic E-state index is 5.88. The molecule has 17 heavy (non-hydrogen) atoms. The van der Waals surface area contributed by atoms with Gasteiger partial charge >= 0.3 is 8.56 Å². The third-order valence-corrected chi connectivity index (χ3v) is 7.01. The molecule has 3 atom stereocenters. The van der Waals surface area contributed by atoms with Crippen LogP contribution in [-0.2, 0) is 13.6 Å². The van der Waals surface area contributed by atoms with Crippen molar-refractivity contribution in [2.75, 3.05) is 13.2 Å². The molecule has 2 rings (SSSR count). The van der Waals surface area contributed by atoms with Crippen molar-refractivity contribution in [3.63, 3.8) is 0 Å². The van der Waals surface area contributed by atoms with Gasteiger partial charge in [0.05, 0.1) is 12.2 Å². The summed E-state index contributed by atoms with van der Waals surface area (Å²) in [5.41, 5.74) is 0. The first kappa shape index (κ1) is 13.5. The fourth-order valence-corrected chi connectivity index (χ4v) is 5.54. The van der Waals surface area contributed by atoms with Crippen molar-refractivity contribution in [1.29, 1.82) is 0 Å². The molecule has 2 fully saturated rings. The molecule has 1 aliphatic carbocycles. The third kappa shape index (κ3) is 3.78. The molecule has 0 aromatic rings. The summed E-state index contributed by atoms with van der Waals surface area (Å²) < 4.78 is 17.4. The van der Waals surface area contributed by atoms with Crippen LogP contribution < -0.4 is 0 Å². The van der Waals surface area contributed by atoms with Gasteiger partial charge in [-0.1, -0.05) is 0 Å². The zero-order valence-electron chi connectivity index (χ0n) is 11.4. The van der Waals surface area contributed by atoms with Crippen LogP contribution in [0.15, 0.2) is 0 Å². The Labute approximate surface area is 106 Å². The molecular formula is C13H26O3Si. The molecule has 0 amide bonds. The molecule has 1 heterocycles. The Morgan fingerprint density at radius 3 is 2.41 bits per heavy atom. The summed E-state index contributed by atoms with van der Waals surface area (Å²) in [6.07, 6.45) is 6.36. The van der Waals surface area contributed by atoms with Crippen LogP contribution in [0.25, 0.3) is 0 Å². The molecule has 1 saturated heterocycles. The average molecular weight is 258 g/mol. The van der Waals surface area contributed by atoms with Gasteiger partial charge in [0.25, 0.3) is 0 Å². The van der Waals surface area contributed by atoms with Crippen molar-refractivity contribution >= 4 is 8.56 Å². The minimum Gasteiger partial charge on any atom is -0.395 e. The van der Waals surface area contributed by atoms with E-state index < -0.39 is 8.56 Å². The molecular weight excluding hydrogens is 232 g/mol. The third-order valence-electron chi connectivity index (χ3n) is 4.02. The summed E-state index contributed by atoms with van der Waals surface area (Å²) in [7, 11) is -1.88. The zero-order valence-corrected chi connectivity index (χ0v) is 12.4. The highest BCUT2D eigenvalue weighted by Crippen LogP contribution is 2.41. The van der Waals surface area contributed by atoms with E-state index >= 15 is 0 Å². The van der Waals surface area contributed by atoms with Gasteiger partial charge in [0.1, 0.15) is 0 Å². The van der Waals surface area contributed by atoms with E-state index in [0.29, 0.717) is 12.2 Å². The highest BCUT2D eigenvalue weighted by atomic mass is 28.4. The molecule has 0 spiro atoms. The lowest BCUT2D eigenvalue weighted by atomic mass is 9.88. The van der Waals surface area contributed by atoms with E-state index in [1.54, 1.807) is 0 Å². The monoisotopic (exact) mass is 258 g/mol. The molecule has 2 unspecified atom stereocenters. The molecule has 0 bridgehead atoms. The topological polar surface area (TPSA) is 31.0 Å². The first-order valence-electron chi connectivity index (χ1n) is 7.10. The van der Waals surface area contributed by atoms with Crippen molar-refractivity contribution in [2.45, 2.75) is 64.3 Å². The van der Waals surface area contributed by atoms with Crippen molar-refractivity contribution in [3.05, 3.63) is 0 Å². The van der Waals surface area contributed by atoms with Gasteiger partial charge < -0.3 is 13.6 Å². The molecule has 0 aromatic carbocycles. The molecule has 1 saturated carbocycles. The Morgan fingerprint density at radius 1 is 1.12 bits per heavy atom. The van der Waals surface area contributed by atoms with Crippen molar-refractivity contribution in [3.8, 4) is 0 Å². The predicted molar refractivity (Wildman–Crippen MR) is 70.3 cm³/mol. The van der Waals surface area contributed by atoms with Crippen molar-refractivity contribution < 1.29 is 13.6 Å². The molecule has 4 heteroatoms. The highest BCUT2D eigenvalue weighted by molar-refractivity contribution is 6.66. The van der Waals surface area contributed by atoms with Crippen LogP contribution in [-0.4, -0.2) is 34.0 Å². The number of hydrogen-bond acceptors (Lipinski definition) is 3. The Morgan fingerprint density at radius 2 is 1.82 bits per heavy atom. The second kappa shape index (κ2) is 5.82. The molecule has 1 aliphatic heterocycles. The second-order valence-corrected chi connectivity index (χ2v) is 8.78. The van der Waals surface area contributed by atoms with E-state index in [9.17, 15) is 0 Å². The highest BCUT2D eigenvalue weighted by Gasteiger charge is 2.44. The number of ether oxygens (including phenoxy) is 1. The summed E-state index contributed by atoms with van der Waals surface area (Å²) >= 11 is 0. The molecule has 0 N–H and O–H groups in total. The van der Waals surface area contributed by atoms with Gasteiger partial charge in [-0.25, -0.2) is 0 Å². The van der Waals surface area contributed by atoms with E-state index in [1.807, 2.05) is 0 Å². The van der Waals surface area contributed by atoms with Gasteiger partial charge in [-0.3, -0.25) is 0 Å². The van der Waals surface area contributed by atoms with Crippen LogP contribution in [0.1, 0.15) is 39.5 Å². The first-order chi connectivity index (χ1) is 8.17. The van der Waals surface area contributed by atoms with Crippen molar-refractivity contribution in [2.24, 2.45) is 5.92 Å². The largest absolute Gasteiger partial charge is 0.395 e. The number of fused-ring (bicyclic) bond motifs is 1. The molecule has 100 valence electrons. The summed E-state index contributed by atoms with van der Waals surface area (Å²) in [6.45, 7) is 7.89. The average Bonchev–Trinajstić information content (AvgIpc) is 3.05.